The minimum absolute atomic E-state index is 0.102. The van der Waals surface area contributed by atoms with Crippen LogP contribution in [0, 0.1) is 0 Å². The van der Waals surface area contributed by atoms with E-state index in [0.717, 1.165) is 0 Å². The molecule has 0 atom stereocenters. The van der Waals surface area contributed by atoms with E-state index < -0.39 is 0 Å². The number of H-pyrrole nitrogens is 1. The Morgan fingerprint density at radius 2 is 2.36 bits per heavy atom. The first-order chi connectivity index (χ1) is 6.86. The lowest BCUT2D eigenvalue weighted by atomic mass is 10.4. The van der Waals surface area contributed by atoms with E-state index >= 15 is 0 Å². The van der Waals surface area contributed by atoms with Crippen LogP contribution in [0.5, 0.6) is 0 Å². The Bertz CT molecular complexity index is 292. The van der Waals surface area contributed by atoms with E-state index in [4.69, 9.17) is 4.74 Å². The van der Waals surface area contributed by atoms with E-state index in [2.05, 4.69) is 15.5 Å². The van der Waals surface area contributed by atoms with E-state index in [-0.39, 0.29) is 6.03 Å². The lowest BCUT2D eigenvalue weighted by molar-refractivity contribution is 0.0564. The number of ether oxygens (including phenoxy) is 1. The molecular weight excluding hydrogens is 184 g/mol. The van der Waals surface area contributed by atoms with Gasteiger partial charge in [-0.2, -0.15) is 5.10 Å². The maximum atomic E-state index is 11.6. The predicted octanol–water partition coefficient (Wildman–Crippen LogP) is 0.274. The molecule has 2 N–H and O–H groups in total. The Hall–Kier alpha value is -1.56. The summed E-state index contributed by atoms with van der Waals surface area (Å²) < 4.78 is 5.14. The summed E-state index contributed by atoms with van der Waals surface area (Å²) in [5.74, 6) is 0. The number of rotatable bonds is 1. The second-order valence-corrected chi connectivity index (χ2v) is 3.02. The van der Waals surface area contributed by atoms with Crippen LogP contribution in [0.4, 0.5) is 10.5 Å². The highest BCUT2D eigenvalue weighted by Crippen LogP contribution is 2.04. The first kappa shape index (κ1) is 9.01. The zero-order chi connectivity index (χ0) is 9.80. The molecule has 0 radical (unpaired) electrons. The normalized spacial score (nSPS) is 16.7. The van der Waals surface area contributed by atoms with Crippen molar-refractivity contribution in [2.45, 2.75) is 0 Å². The number of urea groups is 1. The van der Waals surface area contributed by atoms with Crippen molar-refractivity contribution >= 4 is 11.7 Å². The van der Waals surface area contributed by atoms with Crippen molar-refractivity contribution in [1.82, 2.24) is 15.1 Å². The first-order valence-electron chi connectivity index (χ1n) is 4.49. The van der Waals surface area contributed by atoms with Gasteiger partial charge >= 0.3 is 6.03 Å². The van der Waals surface area contributed by atoms with Crippen LogP contribution in [0.1, 0.15) is 0 Å². The average Bonchev–Trinajstić information content (AvgIpc) is 2.72. The fourth-order valence-electron chi connectivity index (χ4n) is 1.29. The van der Waals surface area contributed by atoms with Gasteiger partial charge in [0.25, 0.3) is 0 Å². The Balaban J connectivity index is 1.88. The molecule has 0 spiro atoms. The van der Waals surface area contributed by atoms with Crippen molar-refractivity contribution < 1.29 is 9.53 Å². The van der Waals surface area contributed by atoms with Gasteiger partial charge in [0, 0.05) is 19.3 Å². The largest absolute Gasteiger partial charge is 0.378 e. The molecule has 0 saturated carbocycles. The number of hydrogen-bond acceptors (Lipinski definition) is 3. The monoisotopic (exact) mass is 196 g/mol. The summed E-state index contributed by atoms with van der Waals surface area (Å²) in [6.45, 7) is 2.50. The molecule has 2 amide bonds. The molecule has 1 fully saturated rings. The molecule has 1 aliphatic heterocycles. The van der Waals surface area contributed by atoms with Crippen molar-refractivity contribution in [2.24, 2.45) is 0 Å². The first-order valence-corrected chi connectivity index (χ1v) is 4.49. The highest BCUT2D eigenvalue weighted by Gasteiger charge is 2.16. The van der Waals surface area contributed by atoms with Crippen LogP contribution >= 0.6 is 0 Å². The summed E-state index contributed by atoms with van der Waals surface area (Å²) in [6, 6.07) is -0.102. The molecule has 0 bridgehead atoms. The van der Waals surface area contributed by atoms with Crippen molar-refractivity contribution in [3.63, 3.8) is 0 Å². The Morgan fingerprint density at radius 1 is 1.57 bits per heavy atom. The molecule has 14 heavy (non-hydrogen) atoms. The highest BCUT2D eigenvalue weighted by atomic mass is 16.5. The van der Waals surface area contributed by atoms with Gasteiger partial charge in [-0.1, -0.05) is 0 Å². The Kier molecular flexibility index (Phi) is 2.64. The third-order valence-corrected chi connectivity index (χ3v) is 2.05. The standard InChI is InChI=1S/C8H12N4O2/c13-8(11-7-5-9-10-6-7)12-1-3-14-4-2-12/h5-6H,1-4H2,(H,9,10)(H,11,13). The SMILES string of the molecule is O=C(Nc1cn[nH]c1)N1CCOCC1. The molecule has 1 saturated heterocycles. The molecule has 6 nitrogen and oxygen atoms in total. The quantitative estimate of drug-likeness (QED) is 0.677. The lowest BCUT2D eigenvalue weighted by Gasteiger charge is -2.26. The smallest absolute Gasteiger partial charge is 0.322 e. The van der Waals surface area contributed by atoms with Gasteiger partial charge in [-0.15, -0.1) is 0 Å². The van der Waals surface area contributed by atoms with Crippen LogP contribution in [-0.4, -0.2) is 47.4 Å². The van der Waals surface area contributed by atoms with Crippen LogP contribution < -0.4 is 5.32 Å². The minimum atomic E-state index is -0.102. The van der Waals surface area contributed by atoms with Crippen LogP contribution in [0.3, 0.4) is 0 Å². The van der Waals surface area contributed by atoms with Crippen molar-refractivity contribution in [1.29, 1.82) is 0 Å². The van der Waals surface area contributed by atoms with Gasteiger partial charge in [0.1, 0.15) is 0 Å². The summed E-state index contributed by atoms with van der Waals surface area (Å²) >= 11 is 0. The van der Waals surface area contributed by atoms with E-state index in [1.807, 2.05) is 0 Å². The van der Waals surface area contributed by atoms with E-state index in [0.29, 0.717) is 32.0 Å². The van der Waals surface area contributed by atoms with E-state index in [1.54, 1.807) is 17.3 Å². The third-order valence-electron chi connectivity index (χ3n) is 2.05. The highest BCUT2D eigenvalue weighted by molar-refractivity contribution is 5.88. The molecule has 0 aromatic carbocycles. The van der Waals surface area contributed by atoms with Gasteiger partial charge in [0.2, 0.25) is 0 Å². The van der Waals surface area contributed by atoms with Gasteiger partial charge in [-0.25, -0.2) is 4.79 Å². The predicted molar refractivity (Wildman–Crippen MR) is 50.0 cm³/mol. The van der Waals surface area contributed by atoms with Gasteiger partial charge in [-0.05, 0) is 0 Å². The van der Waals surface area contributed by atoms with Crippen LogP contribution in [0.15, 0.2) is 12.4 Å². The topological polar surface area (TPSA) is 70.2 Å². The summed E-state index contributed by atoms with van der Waals surface area (Å²) in [7, 11) is 0. The zero-order valence-electron chi connectivity index (χ0n) is 7.69. The second-order valence-electron chi connectivity index (χ2n) is 3.02. The molecule has 0 aliphatic carbocycles. The summed E-state index contributed by atoms with van der Waals surface area (Å²) in [5, 5.41) is 9.10. The fraction of sp³-hybridized carbons (Fsp3) is 0.500. The molecular formula is C8H12N4O2. The van der Waals surface area contributed by atoms with E-state index in [1.165, 1.54) is 0 Å². The van der Waals surface area contributed by atoms with Gasteiger partial charge in [0.05, 0.1) is 25.1 Å². The summed E-state index contributed by atoms with van der Waals surface area (Å²) in [6.07, 6.45) is 3.21. The van der Waals surface area contributed by atoms with Gasteiger partial charge < -0.3 is 15.0 Å². The number of carbonyl (C=O) groups is 1. The number of nitrogens with one attached hydrogen (secondary N) is 2. The average molecular weight is 196 g/mol. The number of amides is 2. The molecule has 6 heteroatoms. The van der Waals surface area contributed by atoms with E-state index in [9.17, 15) is 4.79 Å². The number of carbonyl (C=O) groups excluding carboxylic acids is 1. The number of aromatic nitrogens is 2. The second kappa shape index (κ2) is 4.10. The molecule has 1 aromatic heterocycles. The number of morpholine rings is 1. The molecule has 1 aromatic rings. The number of anilines is 1. The Labute approximate surface area is 81.2 Å². The number of hydrogen-bond donors (Lipinski definition) is 2. The third kappa shape index (κ3) is 2.02. The Morgan fingerprint density at radius 3 is 3.00 bits per heavy atom. The van der Waals surface area contributed by atoms with Crippen LogP contribution in [-0.2, 0) is 4.74 Å². The van der Waals surface area contributed by atoms with Gasteiger partial charge in [-0.3, -0.25) is 5.10 Å². The summed E-state index contributed by atoms with van der Waals surface area (Å²) in [5.41, 5.74) is 0.682. The molecule has 2 heterocycles. The zero-order valence-corrected chi connectivity index (χ0v) is 7.69. The minimum Gasteiger partial charge on any atom is -0.378 e. The molecule has 2 rings (SSSR count). The van der Waals surface area contributed by atoms with Crippen LogP contribution in [0.25, 0.3) is 0 Å². The molecule has 1 aliphatic rings. The van der Waals surface area contributed by atoms with Crippen molar-refractivity contribution in [3.8, 4) is 0 Å². The molecule has 76 valence electrons. The fourth-order valence-corrected chi connectivity index (χ4v) is 1.29. The maximum absolute atomic E-state index is 11.6. The van der Waals surface area contributed by atoms with Crippen molar-refractivity contribution in [2.75, 3.05) is 31.6 Å². The maximum Gasteiger partial charge on any atom is 0.322 e. The summed E-state index contributed by atoms with van der Waals surface area (Å²) in [4.78, 5) is 13.3. The molecule has 0 unspecified atom stereocenters. The van der Waals surface area contributed by atoms with Gasteiger partial charge in [0.15, 0.2) is 0 Å². The number of nitrogens with zero attached hydrogens (tertiary/aromatic N) is 2. The number of aromatic amines is 1. The van der Waals surface area contributed by atoms with Crippen molar-refractivity contribution in [3.05, 3.63) is 12.4 Å². The van der Waals surface area contributed by atoms with Crippen LogP contribution in [0.2, 0.25) is 0 Å². The lowest BCUT2D eigenvalue weighted by Crippen LogP contribution is -2.43.